The Bertz CT molecular complexity index is 1860. The number of terminal acetylenes is 1. The third-order valence-corrected chi connectivity index (χ3v) is 8.66. The first-order valence-electron chi connectivity index (χ1n) is 17.1. The van der Waals surface area contributed by atoms with Gasteiger partial charge in [-0.3, -0.25) is 4.79 Å². The highest BCUT2D eigenvalue weighted by Crippen LogP contribution is 2.34. The van der Waals surface area contributed by atoms with Gasteiger partial charge in [-0.25, -0.2) is 9.59 Å². The highest BCUT2D eigenvalue weighted by molar-refractivity contribution is 6.06. The normalized spacial score (nSPS) is 15.5. The molecule has 282 valence electrons. The van der Waals surface area contributed by atoms with Crippen LogP contribution in [0.2, 0.25) is 0 Å². The molecule has 2 aliphatic heterocycles. The van der Waals surface area contributed by atoms with Crippen molar-refractivity contribution in [2.75, 3.05) is 40.6 Å². The molecule has 0 radical (unpaired) electrons. The summed E-state index contributed by atoms with van der Waals surface area (Å²) >= 11 is 0. The van der Waals surface area contributed by atoms with Gasteiger partial charge in [-0.1, -0.05) is 43.0 Å². The predicted octanol–water partition coefficient (Wildman–Crippen LogP) is 7.13. The molecule has 0 aliphatic carbocycles. The van der Waals surface area contributed by atoms with Crippen LogP contribution in [-0.4, -0.2) is 80.1 Å². The lowest BCUT2D eigenvalue weighted by Crippen LogP contribution is -2.37. The van der Waals surface area contributed by atoms with Crippen LogP contribution in [-0.2, 0) is 33.2 Å². The number of Topliss-reactive ketones (excluding diaryl/α,β-unsaturated/α-hetero) is 1. The van der Waals surface area contributed by atoms with Crippen LogP contribution in [0.3, 0.4) is 0 Å². The van der Waals surface area contributed by atoms with Crippen LogP contribution in [0.15, 0.2) is 60.7 Å². The number of rotatable bonds is 6. The number of hydrogen-bond donors (Lipinski definition) is 0. The summed E-state index contributed by atoms with van der Waals surface area (Å²) in [6.45, 7) is 18.0. The average Bonchev–Trinajstić information content (AvgIpc) is 3.64. The molecule has 0 unspecified atom stereocenters. The summed E-state index contributed by atoms with van der Waals surface area (Å²) in [5.41, 5.74) is 5.57. The largest absolute Gasteiger partial charge is 0.465 e. The second-order valence-electron chi connectivity index (χ2n) is 12.2. The molecule has 4 heterocycles. The number of carbonyl (C=O) groups excluding carboxylic acids is 3. The number of hydrogen-bond acceptors (Lipinski definition) is 9. The maximum Gasteiger partial charge on any atom is 0.340 e. The summed E-state index contributed by atoms with van der Waals surface area (Å²) in [7, 11) is 2.77. The maximum atomic E-state index is 12.2. The number of ether oxygens (including phenoxy) is 6. The van der Waals surface area contributed by atoms with Gasteiger partial charge in [0.05, 0.1) is 50.6 Å². The minimum Gasteiger partial charge on any atom is -0.465 e. The number of esters is 2. The number of methoxy groups -OCH3 is 2. The van der Waals surface area contributed by atoms with E-state index in [1.807, 2.05) is 94.6 Å². The Balaban J connectivity index is 0.000000243. The fourth-order valence-corrected chi connectivity index (χ4v) is 6.28. The number of ketones is 1. The van der Waals surface area contributed by atoms with Crippen LogP contribution in [0.5, 0.6) is 0 Å². The van der Waals surface area contributed by atoms with Gasteiger partial charge >= 0.3 is 11.9 Å². The average molecular weight is 727 g/mol. The van der Waals surface area contributed by atoms with E-state index >= 15 is 0 Å². The summed E-state index contributed by atoms with van der Waals surface area (Å²) in [4.78, 5) is 35.6. The van der Waals surface area contributed by atoms with E-state index in [0.717, 1.165) is 38.8 Å². The molecule has 4 aromatic rings. The molecule has 2 aliphatic rings. The Morgan fingerprint density at radius 2 is 1.08 bits per heavy atom. The molecule has 53 heavy (non-hydrogen) atoms. The van der Waals surface area contributed by atoms with Gasteiger partial charge in [-0.15, -0.1) is 24.2 Å². The quantitative estimate of drug-likeness (QED) is 0.116. The predicted molar refractivity (Wildman–Crippen MR) is 205 cm³/mol. The van der Waals surface area contributed by atoms with Crippen LogP contribution < -0.4 is 0 Å². The van der Waals surface area contributed by atoms with E-state index < -0.39 is 6.29 Å². The van der Waals surface area contributed by atoms with E-state index in [1.54, 1.807) is 6.92 Å². The first kappa shape index (κ1) is 42.2. The van der Waals surface area contributed by atoms with Crippen molar-refractivity contribution in [1.29, 1.82) is 0 Å². The maximum absolute atomic E-state index is 12.2. The van der Waals surface area contributed by atoms with Gasteiger partial charge in [0, 0.05) is 33.2 Å². The monoisotopic (exact) mass is 726 g/mol. The van der Waals surface area contributed by atoms with E-state index in [-0.39, 0.29) is 49.3 Å². The molecule has 6 rings (SSSR count). The molecule has 2 aromatic heterocycles. The van der Waals surface area contributed by atoms with E-state index in [9.17, 15) is 14.4 Å². The van der Waals surface area contributed by atoms with Crippen LogP contribution in [0.25, 0.3) is 21.8 Å². The molecule has 0 saturated carbocycles. The van der Waals surface area contributed by atoms with Crippen LogP contribution in [0, 0.1) is 38.0 Å². The number of para-hydroxylation sites is 2. The van der Waals surface area contributed by atoms with Crippen molar-refractivity contribution < 1.29 is 42.8 Å². The van der Waals surface area contributed by atoms with Gasteiger partial charge in [-0.05, 0) is 66.2 Å². The SMILES string of the molecule is C#CC.C=C1COC([C@@H](C)n2c(C)c(C(=O)OC)c3ccccc32)OC1.CC#CC.COC(=O)c1c(C)n([C@H](C)C2OCC(=O)CO2)c2ccccc12. The molecule has 2 atom stereocenters. The summed E-state index contributed by atoms with van der Waals surface area (Å²) in [6.07, 6.45) is 3.69. The van der Waals surface area contributed by atoms with Crippen molar-refractivity contribution in [2.45, 2.75) is 73.1 Å². The van der Waals surface area contributed by atoms with Crippen molar-refractivity contribution in [3.05, 3.63) is 83.2 Å². The molecule has 0 spiro atoms. The number of carbonyl (C=O) groups is 3. The highest BCUT2D eigenvalue weighted by Gasteiger charge is 2.31. The molecule has 11 heteroatoms. The zero-order valence-electron chi connectivity index (χ0n) is 32.1. The van der Waals surface area contributed by atoms with Gasteiger partial charge in [0.2, 0.25) is 0 Å². The Morgan fingerprint density at radius 1 is 0.736 bits per heavy atom. The highest BCUT2D eigenvalue weighted by atomic mass is 16.7. The van der Waals surface area contributed by atoms with Crippen molar-refractivity contribution in [1.82, 2.24) is 9.13 Å². The number of aromatic nitrogens is 2. The summed E-state index contributed by atoms with van der Waals surface area (Å²) < 4.78 is 36.4. The van der Waals surface area contributed by atoms with Crippen molar-refractivity contribution in [3.8, 4) is 24.2 Å². The molecule has 2 aromatic carbocycles. The molecule has 11 nitrogen and oxygen atoms in total. The minimum absolute atomic E-state index is 0.0527. The zero-order valence-corrected chi connectivity index (χ0v) is 32.1. The van der Waals surface area contributed by atoms with Gasteiger partial charge < -0.3 is 37.6 Å². The van der Waals surface area contributed by atoms with Crippen molar-refractivity contribution in [3.63, 3.8) is 0 Å². The van der Waals surface area contributed by atoms with Crippen LogP contribution >= 0.6 is 0 Å². The van der Waals surface area contributed by atoms with Crippen LogP contribution in [0.1, 0.15) is 78.8 Å². The van der Waals surface area contributed by atoms with E-state index in [2.05, 4.69) is 35.3 Å². The van der Waals surface area contributed by atoms with E-state index in [0.29, 0.717) is 24.3 Å². The van der Waals surface area contributed by atoms with Gasteiger partial charge in [0.15, 0.2) is 18.4 Å². The summed E-state index contributed by atoms with van der Waals surface area (Å²) in [5, 5.41) is 1.71. The Labute approximate surface area is 312 Å². The topological polar surface area (TPSA) is 116 Å². The summed E-state index contributed by atoms with van der Waals surface area (Å²) in [6, 6.07) is 15.2. The molecular formula is C42H50N2O9. The molecule has 0 amide bonds. The van der Waals surface area contributed by atoms with Crippen molar-refractivity contribution in [2.24, 2.45) is 0 Å². The standard InChI is InChI=1S/C18H21NO4.C17H19NO5.C4H6.C3H4/c1-11-9-22-18(23-10-11)13(3)19-12(2)16(17(20)21-4)14-7-5-6-8-15(14)19;1-10-15(16(20)21-3)13-6-4-5-7-14(13)18(10)11(2)17-22-8-12(19)9-23-17;1-3-4-2;1-3-2/h5-8,13,18H,1,9-10H2,2-4H3;4-7,11,17H,8-9H2,1-3H3;1-2H3;1H,2H3/t13-;11-;;/m11../s1. The minimum atomic E-state index is -0.535. The molecule has 0 N–H and O–H groups in total. The molecule has 2 fully saturated rings. The van der Waals surface area contributed by atoms with Gasteiger partial charge in [0.1, 0.15) is 13.2 Å². The lowest BCUT2D eigenvalue weighted by Gasteiger charge is -2.31. The molecular weight excluding hydrogens is 676 g/mol. The lowest BCUT2D eigenvalue weighted by molar-refractivity contribution is -0.198. The second kappa shape index (κ2) is 20.2. The number of fused-ring (bicyclic) bond motifs is 2. The van der Waals surface area contributed by atoms with Gasteiger partial charge in [-0.2, -0.15) is 0 Å². The summed E-state index contributed by atoms with van der Waals surface area (Å²) in [5.74, 6) is 6.84. The first-order chi connectivity index (χ1) is 25.4. The van der Waals surface area contributed by atoms with Gasteiger partial charge in [0.25, 0.3) is 0 Å². The molecule has 2 saturated heterocycles. The number of benzene rings is 2. The third-order valence-electron chi connectivity index (χ3n) is 8.66. The molecule has 0 bridgehead atoms. The van der Waals surface area contributed by atoms with E-state index in [4.69, 9.17) is 28.4 Å². The van der Waals surface area contributed by atoms with Crippen LogP contribution in [0.4, 0.5) is 0 Å². The Kier molecular flexibility index (Phi) is 16.1. The Morgan fingerprint density at radius 3 is 1.42 bits per heavy atom. The fourth-order valence-electron chi connectivity index (χ4n) is 6.28. The second-order valence-corrected chi connectivity index (χ2v) is 12.2. The number of nitrogens with zero attached hydrogens (tertiary/aromatic N) is 2. The fraction of sp³-hybridized carbons (Fsp3) is 0.405. The third kappa shape index (κ3) is 9.83. The van der Waals surface area contributed by atoms with Crippen molar-refractivity contribution >= 4 is 39.5 Å². The zero-order chi connectivity index (χ0) is 39.2. The lowest BCUT2D eigenvalue weighted by atomic mass is 10.1. The Hall–Kier alpha value is -5.17. The smallest absolute Gasteiger partial charge is 0.340 e. The first-order valence-corrected chi connectivity index (χ1v) is 17.1. The van der Waals surface area contributed by atoms with E-state index in [1.165, 1.54) is 14.2 Å².